The van der Waals surface area contributed by atoms with Gasteiger partial charge in [0.25, 0.3) is 0 Å². The Balaban J connectivity index is 2.33. The van der Waals surface area contributed by atoms with E-state index < -0.39 is 0 Å². The summed E-state index contributed by atoms with van der Waals surface area (Å²) < 4.78 is 17.4. The second-order valence-corrected chi connectivity index (χ2v) is 5.69. The van der Waals surface area contributed by atoms with Crippen LogP contribution in [-0.2, 0) is 22.3 Å². The maximum Gasteiger partial charge on any atom is 0.128 e. The Labute approximate surface area is 132 Å². The summed E-state index contributed by atoms with van der Waals surface area (Å²) in [6, 6.07) is 4.43. The first-order valence-corrected chi connectivity index (χ1v) is 8.29. The normalized spacial score (nSPS) is 18.1. The van der Waals surface area contributed by atoms with Crippen molar-refractivity contribution in [3.8, 4) is 5.75 Å². The molecule has 3 nitrogen and oxygen atoms in total. The Hall–Kier alpha value is -0.770. The molecule has 1 unspecified atom stereocenters. The van der Waals surface area contributed by atoms with E-state index in [0.29, 0.717) is 19.1 Å². The Morgan fingerprint density at radius 3 is 2.95 bits per heavy atom. The zero-order chi connectivity index (χ0) is 15.1. The van der Waals surface area contributed by atoms with Crippen LogP contribution in [0.4, 0.5) is 0 Å². The minimum atomic E-state index is -0.0579. The molecule has 0 bridgehead atoms. The second kappa shape index (κ2) is 8.62. The van der Waals surface area contributed by atoms with Gasteiger partial charge in [0.15, 0.2) is 0 Å². The van der Waals surface area contributed by atoms with Crippen molar-refractivity contribution in [3.05, 3.63) is 28.8 Å². The zero-order valence-electron chi connectivity index (χ0n) is 13.0. The van der Waals surface area contributed by atoms with E-state index in [4.69, 9.17) is 25.8 Å². The second-order valence-electron chi connectivity index (χ2n) is 5.31. The van der Waals surface area contributed by atoms with Gasteiger partial charge in [0, 0.05) is 18.1 Å². The summed E-state index contributed by atoms with van der Waals surface area (Å²) in [6.07, 6.45) is 4.13. The molecule has 1 aromatic rings. The van der Waals surface area contributed by atoms with Gasteiger partial charge in [-0.1, -0.05) is 25.5 Å². The Bertz CT molecular complexity index is 448. The number of ether oxygens (including phenoxy) is 3. The summed E-state index contributed by atoms with van der Waals surface area (Å²) in [5.41, 5.74) is 3.76. The van der Waals surface area contributed by atoms with Crippen molar-refractivity contribution < 1.29 is 14.2 Å². The molecule has 118 valence electrons. The summed E-state index contributed by atoms with van der Waals surface area (Å²) in [4.78, 5) is 0. The van der Waals surface area contributed by atoms with Crippen LogP contribution in [0.1, 0.15) is 42.6 Å². The molecule has 0 saturated carbocycles. The predicted molar refractivity (Wildman–Crippen MR) is 85.5 cm³/mol. The molecule has 0 amide bonds. The van der Waals surface area contributed by atoms with Crippen LogP contribution in [0.5, 0.6) is 5.75 Å². The van der Waals surface area contributed by atoms with Crippen molar-refractivity contribution in [3.63, 3.8) is 0 Å². The van der Waals surface area contributed by atoms with Crippen LogP contribution in [0.3, 0.4) is 0 Å². The quantitative estimate of drug-likeness (QED) is 0.564. The molecule has 2 rings (SSSR count). The van der Waals surface area contributed by atoms with Crippen molar-refractivity contribution in [2.45, 2.75) is 38.7 Å². The molecule has 0 N–H and O–H groups in total. The molecule has 1 heterocycles. The van der Waals surface area contributed by atoms with Crippen LogP contribution in [-0.4, -0.2) is 32.8 Å². The summed E-state index contributed by atoms with van der Waals surface area (Å²) in [5.74, 6) is 1.49. The maximum atomic E-state index is 6.00. The summed E-state index contributed by atoms with van der Waals surface area (Å²) in [7, 11) is 1.75. The van der Waals surface area contributed by atoms with E-state index in [0.717, 1.165) is 38.0 Å². The first kappa shape index (κ1) is 16.6. The van der Waals surface area contributed by atoms with Gasteiger partial charge in [-0.3, -0.25) is 0 Å². The summed E-state index contributed by atoms with van der Waals surface area (Å²) in [6.45, 7) is 4.03. The van der Waals surface area contributed by atoms with Crippen molar-refractivity contribution >= 4 is 11.6 Å². The Morgan fingerprint density at radius 2 is 2.24 bits per heavy atom. The third kappa shape index (κ3) is 4.12. The summed E-state index contributed by atoms with van der Waals surface area (Å²) in [5, 5.41) is 0. The highest BCUT2D eigenvalue weighted by atomic mass is 35.5. The maximum absolute atomic E-state index is 6.00. The van der Waals surface area contributed by atoms with Crippen LogP contribution >= 0.6 is 11.6 Å². The number of halogens is 1. The van der Waals surface area contributed by atoms with E-state index in [2.05, 4.69) is 19.1 Å². The molecule has 1 aliphatic heterocycles. The number of fused-ring (bicyclic) bond motifs is 1. The largest absolute Gasteiger partial charge is 0.496 e. The number of hydrogen-bond acceptors (Lipinski definition) is 3. The van der Waals surface area contributed by atoms with Crippen molar-refractivity contribution in [1.82, 2.24) is 0 Å². The molecule has 1 aliphatic rings. The predicted octanol–water partition coefficient (Wildman–Crippen LogP) is 3.91. The average Bonchev–Trinajstić information content (AvgIpc) is 2.70. The number of alkyl halides is 1. The lowest BCUT2D eigenvalue weighted by Gasteiger charge is -2.22. The third-order valence-corrected chi connectivity index (χ3v) is 3.97. The van der Waals surface area contributed by atoms with E-state index in [1.807, 2.05) is 0 Å². The highest BCUT2D eigenvalue weighted by Crippen LogP contribution is 2.37. The molecule has 0 aliphatic carbocycles. The molecule has 0 saturated heterocycles. The number of rotatable bonds is 7. The topological polar surface area (TPSA) is 27.7 Å². The molecule has 0 aromatic heterocycles. The lowest BCUT2D eigenvalue weighted by atomic mass is 9.94. The van der Waals surface area contributed by atoms with Crippen molar-refractivity contribution in [1.29, 1.82) is 0 Å². The molecule has 0 spiro atoms. The first-order chi connectivity index (χ1) is 10.3. The highest BCUT2D eigenvalue weighted by molar-refractivity contribution is 6.17. The molecule has 4 heteroatoms. The molecule has 1 atom stereocenters. The van der Waals surface area contributed by atoms with Gasteiger partial charge >= 0.3 is 0 Å². The fourth-order valence-corrected chi connectivity index (χ4v) is 3.02. The average molecular weight is 313 g/mol. The third-order valence-electron chi connectivity index (χ3n) is 3.81. The van der Waals surface area contributed by atoms with E-state index >= 15 is 0 Å². The van der Waals surface area contributed by atoms with E-state index in [-0.39, 0.29) is 6.10 Å². The van der Waals surface area contributed by atoms with Gasteiger partial charge in [-0.2, -0.15) is 0 Å². The van der Waals surface area contributed by atoms with Crippen molar-refractivity contribution in [2.24, 2.45) is 0 Å². The van der Waals surface area contributed by atoms with Crippen LogP contribution in [0, 0.1) is 0 Å². The Kier molecular flexibility index (Phi) is 6.81. The molecular weight excluding hydrogens is 288 g/mol. The summed E-state index contributed by atoms with van der Waals surface area (Å²) >= 11 is 5.69. The molecule has 0 radical (unpaired) electrons. The molecule has 1 aromatic carbocycles. The van der Waals surface area contributed by atoms with Gasteiger partial charge in [-0.25, -0.2) is 0 Å². The van der Waals surface area contributed by atoms with Crippen LogP contribution in [0.2, 0.25) is 0 Å². The molecular formula is C17H25ClO3. The van der Waals surface area contributed by atoms with Crippen LogP contribution in [0.15, 0.2) is 12.1 Å². The standard InChI is InChI=1S/C17H25ClO3/c1-3-5-14-8-7-13-6-4-10-21-15(12-20-11-9-18)16(13)17(14)19-2/h7-8,15H,3-6,9-12H2,1-2H3. The first-order valence-electron chi connectivity index (χ1n) is 7.75. The van der Waals surface area contributed by atoms with E-state index in [1.54, 1.807) is 7.11 Å². The minimum Gasteiger partial charge on any atom is -0.496 e. The lowest BCUT2D eigenvalue weighted by molar-refractivity contribution is -0.0130. The smallest absolute Gasteiger partial charge is 0.128 e. The van der Waals surface area contributed by atoms with E-state index in [9.17, 15) is 0 Å². The van der Waals surface area contributed by atoms with Gasteiger partial charge in [-0.05, 0) is 30.4 Å². The SMILES string of the molecule is CCCc1ccc2c(c1OC)C(COCCCl)OCCC2. The van der Waals surface area contributed by atoms with Gasteiger partial charge in [0.1, 0.15) is 11.9 Å². The zero-order valence-corrected chi connectivity index (χ0v) is 13.7. The monoisotopic (exact) mass is 312 g/mol. The van der Waals surface area contributed by atoms with Crippen LogP contribution in [0.25, 0.3) is 0 Å². The fraction of sp³-hybridized carbons (Fsp3) is 0.647. The lowest BCUT2D eigenvalue weighted by Crippen LogP contribution is -2.15. The van der Waals surface area contributed by atoms with Crippen LogP contribution < -0.4 is 4.74 Å². The molecule has 21 heavy (non-hydrogen) atoms. The fourth-order valence-electron chi connectivity index (χ4n) is 2.91. The number of aryl methyl sites for hydroxylation is 2. The van der Waals surface area contributed by atoms with Gasteiger partial charge < -0.3 is 14.2 Å². The van der Waals surface area contributed by atoms with Crippen molar-refractivity contribution in [2.75, 3.05) is 32.8 Å². The number of methoxy groups -OCH3 is 1. The minimum absolute atomic E-state index is 0.0579. The molecule has 0 fully saturated rings. The van der Waals surface area contributed by atoms with Gasteiger partial charge in [0.05, 0.1) is 20.3 Å². The Morgan fingerprint density at radius 1 is 1.38 bits per heavy atom. The van der Waals surface area contributed by atoms with E-state index in [1.165, 1.54) is 16.7 Å². The van der Waals surface area contributed by atoms with Gasteiger partial charge in [-0.15, -0.1) is 11.6 Å². The van der Waals surface area contributed by atoms with Gasteiger partial charge in [0.2, 0.25) is 0 Å². The number of hydrogen-bond donors (Lipinski definition) is 0. The number of benzene rings is 1. The highest BCUT2D eigenvalue weighted by Gasteiger charge is 2.25.